The summed E-state index contributed by atoms with van der Waals surface area (Å²) < 4.78 is 0. The molecule has 0 radical (unpaired) electrons. The molecule has 1 amide bonds. The number of benzene rings is 1. The van der Waals surface area contributed by atoms with Gasteiger partial charge in [0.05, 0.1) is 16.3 Å². The summed E-state index contributed by atoms with van der Waals surface area (Å²) in [6.45, 7) is 6.08. The standard InChI is InChI=1S/C22H26N4OS/c1-15-18-20(26-12-8-3-4-9-13-26)23-14-24-22(18)28-19(15)21(27)25-16(2)17-10-6-5-7-11-17/h5-7,10-11,14,16H,3-4,8-9,12-13H2,1-2H3,(H,25,27). The number of carbonyl (C=O) groups excluding carboxylic acids is 1. The van der Waals surface area contributed by atoms with Gasteiger partial charge in [0.15, 0.2) is 0 Å². The number of nitrogens with one attached hydrogen (secondary N) is 1. The van der Waals surface area contributed by atoms with Crippen LogP contribution in [0.5, 0.6) is 0 Å². The Hall–Kier alpha value is -2.47. The van der Waals surface area contributed by atoms with Gasteiger partial charge in [0, 0.05) is 13.1 Å². The number of fused-ring (bicyclic) bond motifs is 1. The number of carbonyl (C=O) groups is 1. The van der Waals surface area contributed by atoms with Crippen molar-refractivity contribution in [2.75, 3.05) is 18.0 Å². The minimum absolute atomic E-state index is 0.0429. The molecule has 1 atom stereocenters. The molecule has 0 aliphatic carbocycles. The second kappa shape index (κ2) is 8.27. The van der Waals surface area contributed by atoms with Crippen molar-refractivity contribution in [1.29, 1.82) is 0 Å². The summed E-state index contributed by atoms with van der Waals surface area (Å²) in [5, 5.41) is 4.17. The van der Waals surface area contributed by atoms with Crippen molar-refractivity contribution in [3.8, 4) is 0 Å². The Bertz CT molecular complexity index is 961. The quantitative estimate of drug-likeness (QED) is 0.686. The van der Waals surface area contributed by atoms with E-state index in [-0.39, 0.29) is 11.9 Å². The van der Waals surface area contributed by atoms with E-state index in [1.165, 1.54) is 37.0 Å². The highest BCUT2D eigenvalue weighted by Crippen LogP contribution is 2.35. The molecule has 1 N–H and O–H groups in total. The third kappa shape index (κ3) is 3.74. The normalized spacial score (nSPS) is 16.0. The summed E-state index contributed by atoms with van der Waals surface area (Å²) in [4.78, 5) is 26.1. The number of nitrogens with zero attached hydrogens (tertiary/aromatic N) is 3. The van der Waals surface area contributed by atoms with Crippen molar-refractivity contribution in [2.45, 2.75) is 45.6 Å². The summed E-state index contributed by atoms with van der Waals surface area (Å²) in [6.07, 6.45) is 6.57. The average Bonchev–Trinajstić information content (AvgIpc) is 2.89. The molecule has 0 spiro atoms. The highest BCUT2D eigenvalue weighted by Gasteiger charge is 2.23. The fourth-order valence-electron chi connectivity index (χ4n) is 3.88. The molecule has 0 saturated carbocycles. The molecule has 1 aliphatic rings. The Morgan fingerprint density at radius 1 is 1.11 bits per heavy atom. The topological polar surface area (TPSA) is 58.1 Å². The van der Waals surface area contributed by atoms with E-state index in [1.54, 1.807) is 6.33 Å². The van der Waals surface area contributed by atoms with Gasteiger partial charge in [0.1, 0.15) is 17.0 Å². The Labute approximate surface area is 169 Å². The molecule has 3 aromatic rings. The third-order valence-corrected chi connectivity index (χ3v) is 6.66. The van der Waals surface area contributed by atoms with Crippen LogP contribution in [0.15, 0.2) is 36.7 Å². The minimum Gasteiger partial charge on any atom is -0.356 e. The fraction of sp³-hybridized carbons (Fsp3) is 0.409. The molecule has 1 aromatic carbocycles. The molecule has 5 nitrogen and oxygen atoms in total. The number of rotatable bonds is 4. The molecule has 4 rings (SSSR count). The summed E-state index contributed by atoms with van der Waals surface area (Å²) in [5.41, 5.74) is 2.08. The van der Waals surface area contributed by atoms with Crippen LogP contribution >= 0.6 is 11.3 Å². The lowest BCUT2D eigenvalue weighted by Crippen LogP contribution is -2.26. The lowest BCUT2D eigenvalue weighted by Gasteiger charge is -2.22. The van der Waals surface area contributed by atoms with Crippen LogP contribution in [-0.2, 0) is 0 Å². The van der Waals surface area contributed by atoms with Crippen molar-refractivity contribution in [1.82, 2.24) is 15.3 Å². The number of amides is 1. The molecular formula is C22H26N4OS. The van der Waals surface area contributed by atoms with Crippen LogP contribution in [0.3, 0.4) is 0 Å². The maximum absolute atomic E-state index is 13.0. The van der Waals surface area contributed by atoms with Gasteiger partial charge in [-0.1, -0.05) is 43.2 Å². The average molecular weight is 395 g/mol. The van der Waals surface area contributed by atoms with Crippen molar-refractivity contribution < 1.29 is 4.79 Å². The van der Waals surface area contributed by atoms with E-state index in [0.717, 1.165) is 45.1 Å². The zero-order valence-electron chi connectivity index (χ0n) is 16.4. The van der Waals surface area contributed by atoms with Crippen molar-refractivity contribution in [3.05, 3.63) is 52.7 Å². The fourth-order valence-corrected chi connectivity index (χ4v) is 4.93. The molecule has 146 valence electrons. The van der Waals surface area contributed by atoms with Crippen molar-refractivity contribution in [3.63, 3.8) is 0 Å². The first kappa shape index (κ1) is 18.9. The van der Waals surface area contributed by atoms with E-state index in [9.17, 15) is 4.79 Å². The number of thiophene rings is 1. The molecule has 0 bridgehead atoms. The molecule has 28 heavy (non-hydrogen) atoms. The highest BCUT2D eigenvalue weighted by atomic mass is 32.1. The number of hydrogen-bond acceptors (Lipinski definition) is 5. The van der Waals surface area contributed by atoms with Gasteiger partial charge in [-0.3, -0.25) is 4.79 Å². The van der Waals surface area contributed by atoms with E-state index in [2.05, 4.69) is 20.2 Å². The zero-order chi connectivity index (χ0) is 19.5. The van der Waals surface area contributed by atoms with Gasteiger partial charge in [-0.05, 0) is 37.8 Å². The Kier molecular flexibility index (Phi) is 5.57. The Morgan fingerprint density at radius 3 is 2.54 bits per heavy atom. The van der Waals surface area contributed by atoms with Crippen molar-refractivity contribution in [2.24, 2.45) is 0 Å². The summed E-state index contributed by atoms with van der Waals surface area (Å²) in [6, 6.07) is 9.99. The molecule has 1 fully saturated rings. The molecule has 1 aliphatic heterocycles. The number of hydrogen-bond donors (Lipinski definition) is 1. The van der Waals surface area contributed by atoms with Crippen LogP contribution in [0.25, 0.3) is 10.2 Å². The largest absolute Gasteiger partial charge is 0.356 e. The Morgan fingerprint density at radius 2 is 1.82 bits per heavy atom. The molecule has 1 unspecified atom stereocenters. The summed E-state index contributed by atoms with van der Waals surface area (Å²) >= 11 is 1.46. The van der Waals surface area contributed by atoms with Gasteiger partial charge in [0.25, 0.3) is 5.91 Å². The predicted octanol–water partition coefficient (Wildman–Crippen LogP) is 4.87. The number of aryl methyl sites for hydroxylation is 1. The number of anilines is 1. The lowest BCUT2D eigenvalue weighted by atomic mass is 10.1. The summed E-state index contributed by atoms with van der Waals surface area (Å²) in [7, 11) is 0. The maximum atomic E-state index is 13.0. The first-order chi connectivity index (χ1) is 13.6. The predicted molar refractivity (Wildman–Crippen MR) is 115 cm³/mol. The maximum Gasteiger partial charge on any atom is 0.262 e. The SMILES string of the molecule is Cc1c(C(=O)NC(C)c2ccccc2)sc2ncnc(N3CCCCCC3)c12. The van der Waals surface area contributed by atoms with E-state index >= 15 is 0 Å². The monoisotopic (exact) mass is 394 g/mol. The third-order valence-electron chi connectivity index (χ3n) is 5.47. The Balaban J connectivity index is 1.64. The molecule has 2 aromatic heterocycles. The van der Waals surface area contributed by atoms with Crippen LogP contribution in [0, 0.1) is 6.92 Å². The van der Waals surface area contributed by atoms with Crippen LogP contribution < -0.4 is 10.2 Å². The van der Waals surface area contributed by atoms with Gasteiger partial charge >= 0.3 is 0 Å². The molecular weight excluding hydrogens is 368 g/mol. The summed E-state index contributed by atoms with van der Waals surface area (Å²) in [5.74, 6) is 0.939. The van der Waals surface area contributed by atoms with E-state index < -0.39 is 0 Å². The first-order valence-electron chi connectivity index (χ1n) is 10.00. The van der Waals surface area contributed by atoms with Gasteiger partial charge in [0.2, 0.25) is 0 Å². The van der Waals surface area contributed by atoms with E-state index in [4.69, 9.17) is 0 Å². The first-order valence-corrected chi connectivity index (χ1v) is 10.8. The second-order valence-electron chi connectivity index (χ2n) is 7.44. The van der Waals surface area contributed by atoms with Gasteiger partial charge < -0.3 is 10.2 Å². The molecule has 3 heterocycles. The smallest absolute Gasteiger partial charge is 0.262 e. The van der Waals surface area contributed by atoms with Gasteiger partial charge in [-0.25, -0.2) is 9.97 Å². The number of aromatic nitrogens is 2. The van der Waals surface area contributed by atoms with E-state index in [0.29, 0.717) is 0 Å². The van der Waals surface area contributed by atoms with Gasteiger partial charge in [-0.2, -0.15) is 0 Å². The highest BCUT2D eigenvalue weighted by molar-refractivity contribution is 7.20. The molecule has 1 saturated heterocycles. The van der Waals surface area contributed by atoms with Crippen LogP contribution in [0.1, 0.15) is 59.4 Å². The minimum atomic E-state index is -0.0468. The molecule has 6 heteroatoms. The van der Waals surface area contributed by atoms with Gasteiger partial charge in [-0.15, -0.1) is 11.3 Å². The lowest BCUT2D eigenvalue weighted by molar-refractivity contribution is 0.0943. The van der Waals surface area contributed by atoms with E-state index in [1.807, 2.05) is 44.2 Å². The van der Waals surface area contributed by atoms with Crippen LogP contribution in [-0.4, -0.2) is 29.0 Å². The van der Waals surface area contributed by atoms with Crippen molar-refractivity contribution >= 4 is 33.3 Å². The van der Waals surface area contributed by atoms with Crippen LogP contribution in [0.4, 0.5) is 5.82 Å². The zero-order valence-corrected chi connectivity index (χ0v) is 17.3. The van der Waals surface area contributed by atoms with Crippen LogP contribution in [0.2, 0.25) is 0 Å². The second-order valence-corrected chi connectivity index (χ2v) is 8.44.